The molecule has 2 aliphatic rings. The van der Waals surface area contributed by atoms with Gasteiger partial charge < -0.3 is 10.0 Å². The summed E-state index contributed by atoms with van der Waals surface area (Å²) in [6.45, 7) is 1.66. The van der Waals surface area contributed by atoms with Crippen LogP contribution in [0, 0.1) is 11.8 Å². The summed E-state index contributed by atoms with van der Waals surface area (Å²) < 4.78 is 0. The average molecular weight is 211 g/mol. The highest BCUT2D eigenvalue weighted by atomic mass is 16.2. The fraction of sp³-hybridized carbons (Fsp3) is 1.00. The minimum absolute atomic E-state index is 0.375. The first-order valence-electron chi connectivity index (χ1n) is 6.64. The molecule has 2 fully saturated rings. The van der Waals surface area contributed by atoms with Crippen molar-refractivity contribution in [3.8, 4) is 0 Å². The van der Waals surface area contributed by atoms with Gasteiger partial charge in [-0.15, -0.1) is 0 Å². The van der Waals surface area contributed by atoms with Gasteiger partial charge in [0.1, 0.15) is 0 Å². The Morgan fingerprint density at radius 1 is 1.27 bits per heavy atom. The molecule has 1 aliphatic heterocycles. The highest BCUT2D eigenvalue weighted by Gasteiger charge is 2.38. The Kier molecular flexibility index (Phi) is 4.04. The van der Waals surface area contributed by atoms with Crippen molar-refractivity contribution in [2.45, 2.75) is 51.0 Å². The fourth-order valence-electron chi connectivity index (χ4n) is 3.24. The summed E-state index contributed by atoms with van der Waals surface area (Å²) in [5.74, 6) is 1.87. The van der Waals surface area contributed by atoms with Gasteiger partial charge in [-0.25, -0.2) is 0 Å². The monoisotopic (exact) mass is 211 g/mol. The van der Waals surface area contributed by atoms with Gasteiger partial charge in [0.25, 0.3) is 0 Å². The first-order valence-corrected chi connectivity index (χ1v) is 6.64. The summed E-state index contributed by atoms with van der Waals surface area (Å²) >= 11 is 0. The molecule has 0 bridgehead atoms. The Balaban J connectivity index is 1.89. The molecular formula is C13H25NO. The van der Waals surface area contributed by atoms with Crippen molar-refractivity contribution in [2.24, 2.45) is 11.8 Å². The third-order valence-corrected chi connectivity index (χ3v) is 4.24. The van der Waals surface area contributed by atoms with Gasteiger partial charge in [-0.05, 0) is 64.0 Å². The Morgan fingerprint density at radius 2 is 2.07 bits per heavy atom. The second-order valence-electron chi connectivity index (χ2n) is 5.41. The quantitative estimate of drug-likeness (QED) is 0.754. The molecule has 2 unspecified atom stereocenters. The summed E-state index contributed by atoms with van der Waals surface area (Å²) in [7, 11) is 2.29. The molecule has 2 nitrogen and oxygen atoms in total. The Bertz CT molecular complexity index is 191. The Hall–Kier alpha value is -0.0800. The van der Waals surface area contributed by atoms with Crippen LogP contribution in [0.2, 0.25) is 0 Å². The molecule has 0 aromatic rings. The van der Waals surface area contributed by atoms with Crippen LogP contribution in [-0.4, -0.2) is 36.2 Å². The van der Waals surface area contributed by atoms with E-state index in [1.807, 2.05) is 0 Å². The average Bonchev–Trinajstić information content (AvgIpc) is 3.05. The highest BCUT2D eigenvalue weighted by molar-refractivity contribution is 4.90. The maximum atomic E-state index is 8.97. The molecule has 0 radical (unpaired) electrons. The van der Waals surface area contributed by atoms with E-state index in [1.54, 1.807) is 0 Å². The lowest BCUT2D eigenvalue weighted by molar-refractivity contribution is 0.106. The molecular weight excluding hydrogens is 186 g/mol. The van der Waals surface area contributed by atoms with Gasteiger partial charge in [0.2, 0.25) is 0 Å². The molecule has 0 aromatic carbocycles. The summed E-state index contributed by atoms with van der Waals surface area (Å²) in [6, 6.07) is 0.817. The van der Waals surface area contributed by atoms with Crippen LogP contribution in [0.5, 0.6) is 0 Å². The van der Waals surface area contributed by atoms with E-state index in [9.17, 15) is 0 Å². The van der Waals surface area contributed by atoms with Crippen LogP contribution in [0.1, 0.15) is 44.9 Å². The predicted molar refractivity (Wildman–Crippen MR) is 62.8 cm³/mol. The van der Waals surface area contributed by atoms with Crippen LogP contribution < -0.4 is 0 Å². The third kappa shape index (κ3) is 2.94. The van der Waals surface area contributed by atoms with Gasteiger partial charge in [0, 0.05) is 12.6 Å². The van der Waals surface area contributed by atoms with Crippen LogP contribution >= 0.6 is 0 Å². The van der Waals surface area contributed by atoms with Gasteiger partial charge in [-0.2, -0.15) is 0 Å². The second kappa shape index (κ2) is 5.31. The molecule has 2 heteroatoms. The predicted octanol–water partition coefficient (Wildman–Crippen LogP) is 2.27. The molecule has 0 amide bonds. The van der Waals surface area contributed by atoms with E-state index in [0.29, 0.717) is 6.61 Å². The van der Waals surface area contributed by atoms with Crippen molar-refractivity contribution in [3.63, 3.8) is 0 Å². The first kappa shape index (κ1) is 11.4. The van der Waals surface area contributed by atoms with Gasteiger partial charge in [0.15, 0.2) is 0 Å². The zero-order chi connectivity index (χ0) is 10.7. The lowest BCUT2D eigenvalue weighted by Gasteiger charge is -2.38. The summed E-state index contributed by atoms with van der Waals surface area (Å²) in [6.07, 6.45) is 9.33. The zero-order valence-electron chi connectivity index (χ0n) is 9.99. The van der Waals surface area contributed by atoms with E-state index in [0.717, 1.165) is 24.3 Å². The molecule has 1 saturated carbocycles. The van der Waals surface area contributed by atoms with E-state index in [-0.39, 0.29) is 0 Å². The maximum Gasteiger partial charge on any atom is 0.0431 e. The van der Waals surface area contributed by atoms with Crippen LogP contribution in [0.3, 0.4) is 0 Å². The van der Waals surface area contributed by atoms with Gasteiger partial charge >= 0.3 is 0 Å². The van der Waals surface area contributed by atoms with Crippen molar-refractivity contribution in [3.05, 3.63) is 0 Å². The number of likely N-dealkylation sites (tertiary alicyclic amines) is 1. The van der Waals surface area contributed by atoms with E-state index >= 15 is 0 Å². The van der Waals surface area contributed by atoms with Gasteiger partial charge in [-0.3, -0.25) is 0 Å². The van der Waals surface area contributed by atoms with E-state index in [4.69, 9.17) is 5.11 Å². The van der Waals surface area contributed by atoms with Crippen molar-refractivity contribution in [2.75, 3.05) is 20.2 Å². The van der Waals surface area contributed by atoms with Crippen LogP contribution in [0.25, 0.3) is 0 Å². The smallest absolute Gasteiger partial charge is 0.0431 e. The SMILES string of the molecule is CN1CCCCC1C(CCCO)C1CC1. The lowest BCUT2D eigenvalue weighted by Crippen LogP contribution is -2.42. The number of aliphatic hydroxyl groups excluding tert-OH is 1. The van der Waals surface area contributed by atoms with Crippen LogP contribution in [0.15, 0.2) is 0 Å². The molecule has 1 saturated heterocycles. The molecule has 0 spiro atoms. The molecule has 1 N–H and O–H groups in total. The number of rotatable bonds is 5. The third-order valence-electron chi connectivity index (χ3n) is 4.24. The number of aliphatic hydroxyl groups is 1. The van der Waals surface area contributed by atoms with Crippen molar-refractivity contribution in [1.29, 1.82) is 0 Å². The van der Waals surface area contributed by atoms with Crippen molar-refractivity contribution < 1.29 is 5.11 Å². The minimum Gasteiger partial charge on any atom is -0.396 e. The first-order chi connectivity index (χ1) is 7.33. The molecule has 1 aliphatic carbocycles. The van der Waals surface area contributed by atoms with Gasteiger partial charge in [-0.1, -0.05) is 6.42 Å². The fourth-order valence-corrected chi connectivity index (χ4v) is 3.24. The standard InChI is InChI=1S/C13H25NO/c1-14-9-3-2-6-13(14)12(5-4-10-15)11-7-8-11/h11-13,15H,2-10H2,1H3. The molecule has 2 atom stereocenters. The molecule has 2 rings (SSSR count). The summed E-state index contributed by atoms with van der Waals surface area (Å²) in [5, 5.41) is 8.97. The normalized spacial score (nSPS) is 30.4. The number of piperidine rings is 1. The topological polar surface area (TPSA) is 23.5 Å². The number of hydrogen-bond donors (Lipinski definition) is 1. The van der Waals surface area contributed by atoms with Crippen LogP contribution in [0.4, 0.5) is 0 Å². The van der Waals surface area contributed by atoms with Crippen molar-refractivity contribution in [1.82, 2.24) is 4.90 Å². The lowest BCUT2D eigenvalue weighted by atomic mass is 9.84. The largest absolute Gasteiger partial charge is 0.396 e. The second-order valence-corrected chi connectivity index (χ2v) is 5.41. The summed E-state index contributed by atoms with van der Waals surface area (Å²) in [4.78, 5) is 2.57. The van der Waals surface area contributed by atoms with Gasteiger partial charge in [0.05, 0.1) is 0 Å². The number of nitrogens with zero attached hydrogens (tertiary/aromatic N) is 1. The molecule has 1 heterocycles. The van der Waals surface area contributed by atoms with Crippen LogP contribution in [-0.2, 0) is 0 Å². The Morgan fingerprint density at radius 3 is 2.67 bits per heavy atom. The van der Waals surface area contributed by atoms with E-state index in [2.05, 4.69) is 11.9 Å². The minimum atomic E-state index is 0.375. The summed E-state index contributed by atoms with van der Waals surface area (Å²) in [5.41, 5.74) is 0. The van der Waals surface area contributed by atoms with E-state index < -0.39 is 0 Å². The number of hydrogen-bond acceptors (Lipinski definition) is 2. The van der Waals surface area contributed by atoms with E-state index in [1.165, 1.54) is 45.1 Å². The molecule has 15 heavy (non-hydrogen) atoms. The Labute approximate surface area is 93.7 Å². The molecule has 0 aromatic heterocycles. The molecule has 88 valence electrons. The van der Waals surface area contributed by atoms with Crippen molar-refractivity contribution >= 4 is 0 Å². The zero-order valence-corrected chi connectivity index (χ0v) is 9.99. The highest BCUT2D eigenvalue weighted by Crippen LogP contribution is 2.43. The maximum absolute atomic E-state index is 8.97.